The summed E-state index contributed by atoms with van der Waals surface area (Å²) in [4.78, 5) is 12.2. The largest absolute Gasteiger partial charge is 0.398 e. The average Bonchev–Trinajstić information content (AvgIpc) is 3.08. The van der Waals surface area contributed by atoms with Crippen LogP contribution in [0, 0.1) is 0 Å². The van der Waals surface area contributed by atoms with Crippen LogP contribution in [-0.4, -0.2) is 5.91 Å². The lowest BCUT2D eigenvalue weighted by atomic mass is 9.98. The lowest BCUT2D eigenvalue weighted by Gasteiger charge is -2.08. The van der Waals surface area contributed by atoms with Gasteiger partial charge in [0.1, 0.15) is 0 Å². The van der Waals surface area contributed by atoms with Crippen molar-refractivity contribution in [3.63, 3.8) is 0 Å². The summed E-state index contributed by atoms with van der Waals surface area (Å²) in [6, 6.07) is 14.0. The first-order valence-corrected chi connectivity index (χ1v) is 7.27. The number of para-hydroxylation sites is 1. The van der Waals surface area contributed by atoms with E-state index in [0.29, 0.717) is 11.3 Å². The fraction of sp³-hybridized carbons (Fsp3) is 0.167. The predicted octanol–water partition coefficient (Wildman–Crippen LogP) is 2.95. The second-order valence-electron chi connectivity index (χ2n) is 5.63. The zero-order valence-electron chi connectivity index (χ0n) is 11.6. The molecule has 1 aliphatic heterocycles. The van der Waals surface area contributed by atoms with Gasteiger partial charge in [0.05, 0.1) is 11.3 Å². The molecular weight excluding hydrogens is 260 g/mol. The van der Waals surface area contributed by atoms with E-state index in [1.165, 1.54) is 17.5 Å². The van der Waals surface area contributed by atoms with Gasteiger partial charge in [0, 0.05) is 11.3 Å². The molecule has 2 aromatic carbocycles. The Labute approximate surface area is 123 Å². The lowest BCUT2D eigenvalue weighted by molar-refractivity contribution is -0.110. The van der Waals surface area contributed by atoms with Gasteiger partial charge in [-0.1, -0.05) is 30.3 Å². The Balaban J connectivity index is 1.87. The van der Waals surface area contributed by atoms with E-state index in [9.17, 15) is 4.79 Å². The van der Waals surface area contributed by atoms with Gasteiger partial charge in [-0.2, -0.15) is 0 Å². The molecule has 0 saturated heterocycles. The van der Waals surface area contributed by atoms with Crippen LogP contribution >= 0.6 is 0 Å². The lowest BCUT2D eigenvalue weighted by Crippen LogP contribution is -2.09. The summed E-state index contributed by atoms with van der Waals surface area (Å²) in [5.74, 6) is -0.116. The monoisotopic (exact) mass is 276 g/mol. The molecule has 1 amide bonds. The van der Waals surface area contributed by atoms with Crippen LogP contribution in [0.5, 0.6) is 0 Å². The van der Waals surface area contributed by atoms with Crippen molar-refractivity contribution in [3.05, 3.63) is 64.7 Å². The van der Waals surface area contributed by atoms with Crippen LogP contribution in [0.1, 0.15) is 28.7 Å². The van der Waals surface area contributed by atoms with Gasteiger partial charge >= 0.3 is 0 Å². The van der Waals surface area contributed by atoms with E-state index < -0.39 is 0 Å². The number of benzene rings is 2. The fourth-order valence-corrected chi connectivity index (χ4v) is 3.27. The van der Waals surface area contributed by atoms with Gasteiger partial charge in [0.2, 0.25) is 0 Å². The second kappa shape index (κ2) is 4.48. The maximum Gasteiger partial charge on any atom is 0.258 e. The number of nitrogens with one attached hydrogen (secondary N) is 1. The number of rotatable bonds is 1. The number of amides is 1. The van der Waals surface area contributed by atoms with Crippen LogP contribution in [0.15, 0.2) is 42.5 Å². The first kappa shape index (κ1) is 12.2. The standard InChI is InChI=1S/C18H16N2O/c19-17(13-9-8-11-4-3-5-12(11)10-13)16-14-6-1-2-7-15(14)20-18(16)21/h1-2,6-10H,3-5,19H2,(H,20,21)/b17-16-. The van der Waals surface area contributed by atoms with Crippen molar-refractivity contribution < 1.29 is 4.79 Å². The zero-order valence-corrected chi connectivity index (χ0v) is 11.6. The van der Waals surface area contributed by atoms with Gasteiger partial charge < -0.3 is 11.1 Å². The normalized spacial score (nSPS) is 18.2. The first-order valence-electron chi connectivity index (χ1n) is 7.27. The Morgan fingerprint density at radius 1 is 1.05 bits per heavy atom. The van der Waals surface area contributed by atoms with Gasteiger partial charge in [-0.15, -0.1) is 0 Å². The molecule has 3 nitrogen and oxygen atoms in total. The molecule has 4 rings (SSSR count). The minimum absolute atomic E-state index is 0.116. The highest BCUT2D eigenvalue weighted by molar-refractivity contribution is 6.36. The minimum atomic E-state index is -0.116. The topological polar surface area (TPSA) is 55.1 Å². The number of anilines is 1. The van der Waals surface area contributed by atoms with Crippen LogP contribution < -0.4 is 11.1 Å². The molecule has 0 fully saturated rings. The highest BCUT2D eigenvalue weighted by Gasteiger charge is 2.27. The highest BCUT2D eigenvalue weighted by atomic mass is 16.2. The summed E-state index contributed by atoms with van der Waals surface area (Å²) in [6.07, 6.45) is 3.46. The smallest absolute Gasteiger partial charge is 0.258 e. The Bertz CT molecular complexity index is 790. The number of fused-ring (bicyclic) bond motifs is 2. The zero-order chi connectivity index (χ0) is 14.4. The van der Waals surface area contributed by atoms with Crippen molar-refractivity contribution in [2.24, 2.45) is 5.73 Å². The molecule has 0 spiro atoms. The van der Waals surface area contributed by atoms with Crippen molar-refractivity contribution in [2.45, 2.75) is 19.3 Å². The Morgan fingerprint density at radius 2 is 1.86 bits per heavy atom. The number of carbonyl (C=O) groups is 1. The molecule has 0 atom stereocenters. The van der Waals surface area contributed by atoms with E-state index in [-0.39, 0.29) is 5.91 Å². The summed E-state index contributed by atoms with van der Waals surface area (Å²) in [5, 5.41) is 2.87. The molecule has 3 N–H and O–H groups in total. The van der Waals surface area contributed by atoms with Crippen molar-refractivity contribution in [1.82, 2.24) is 0 Å². The molecule has 0 bridgehead atoms. The van der Waals surface area contributed by atoms with Gasteiger partial charge in [-0.05, 0) is 48.1 Å². The quantitative estimate of drug-likeness (QED) is 0.787. The summed E-state index contributed by atoms with van der Waals surface area (Å²) in [7, 11) is 0. The van der Waals surface area contributed by atoms with Crippen molar-refractivity contribution in [3.8, 4) is 0 Å². The molecule has 0 aromatic heterocycles. The molecule has 1 heterocycles. The molecule has 104 valence electrons. The van der Waals surface area contributed by atoms with E-state index in [1.54, 1.807) is 0 Å². The molecule has 1 aliphatic carbocycles. The van der Waals surface area contributed by atoms with Gasteiger partial charge in [-0.3, -0.25) is 4.79 Å². The summed E-state index contributed by atoms with van der Waals surface area (Å²) >= 11 is 0. The first-order chi connectivity index (χ1) is 10.2. The van der Waals surface area contributed by atoms with Crippen molar-refractivity contribution in [1.29, 1.82) is 0 Å². The van der Waals surface area contributed by atoms with E-state index >= 15 is 0 Å². The van der Waals surface area contributed by atoms with E-state index in [2.05, 4.69) is 17.4 Å². The van der Waals surface area contributed by atoms with Crippen LogP contribution in [0.4, 0.5) is 5.69 Å². The molecule has 0 radical (unpaired) electrons. The number of nitrogens with two attached hydrogens (primary N) is 1. The second-order valence-corrected chi connectivity index (χ2v) is 5.63. The highest BCUT2D eigenvalue weighted by Crippen LogP contribution is 2.35. The molecular formula is C18H16N2O. The Morgan fingerprint density at radius 3 is 2.76 bits per heavy atom. The number of carbonyl (C=O) groups excluding carboxylic acids is 1. The van der Waals surface area contributed by atoms with Gasteiger partial charge in [0.25, 0.3) is 5.91 Å². The summed E-state index contributed by atoms with van der Waals surface area (Å²) < 4.78 is 0. The average molecular weight is 276 g/mol. The summed E-state index contributed by atoms with van der Waals surface area (Å²) in [6.45, 7) is 0. The molecule has 2 aromatic rings. The predicted molar refractivity (Wildman–Crippen MR) is 84.5 cm³/mol. The van der Waals surface area contributed by atoms with E-state index in [4.69, 9.17) is 5.73 Å². The van der Waals surface area contributed by atoms with Gasteiger partial charge in [0.15, 0.2) is 0 Å². The maximum atomic E-state index is 12.2. The van der Waals surface area contributed by atoms with Gasteiger partial charge in [-0.25, -0.2) is 0 Å². The Hall–Kier alpha value is -2.55. The van der Waals surface area contributed by atoms with E-state index in [1.807, 2.05) is 30.3 Å². The minimum Gasteiger partial charge on any atom is -0.398 e. The van der Waals surface area contributed by atoms with Crippen LogP contribution in [0.2, 0.25) is 0 Å². The molecule has 0 saturated carbocycles. The Kier molecular flexibility index (Phi) is 2.61. The number of hydrogen-bond donors (Lipinski definition) is 2. The summed E-state index contributed by atoms with van der Waals surface area (Å²) in [5.41, 5.74) is 12.9. The third-order valence-corrected chi connectivity index (χ3v) is 4.35. The third kappa shape index (κ3) is 1.85. The third-order valence-electron chi connectivity index (χ3n) is 4.35. The number of aryl methyl sites for hydroxylation is 2. The molecule has 2 aliphatic rings. The maximum absolute atomic E-state index is 12.2. The number of hydrogen-bond acceptors (Lipinski definition) is 2. The molecule has 21 heavy (non-hydrogen) atoms. The van der Waals surface area contributed by atoms with Crippen LogP contribution in [0.25, 0.3) is 11.3 Å². The van der Waals surface area contributed by atoms with Crippen LogP contribution in [0.3, 0.4) is 0 Å². The molecule has 3 heteroatoms. The molecule has 0 unspecified atom stereocenters. The van der Waals surface area contributed by atoms with Crippen LogP contribution in [-0.2, 0) is 17.6 Å². The SMILES string of the molecule is N/C(=C1\C(=O)Nc2ccccc21)c1ccc2c(c1)CCC2. The van der Waals surface area contributed by atoms with Crippen molar-refractivity contribution in [2.75, 3.05) is 5.32 Å². The van der Waals surface area contributed by atoms with Crippen molar-refractivity contribution >= 4 is 22.9 Å². The van der Waals surface area contributed by atoms with E-state index in [0.717, 1.165) is 29.7 Å². The fourth-order valence-electron chi connectivity index (χ4n) is 3.27.